The Balaban J connectivity index is 1.06. The molecular formula is C52H63N5O10S. The zero-order valence-corrected chi connectivity index (χ0v) is 40.4. The van der Waals surface area contributed by atoms with Crippen molar-refractivity contribution in [2.24, 2.45) is 0 Å². The molecule has 2 aliphatic heterocycles. The summed E-state index contributed by atoms with van der Waals surface area (Å²) in [5.41, 5.74) is 2.57. The molecule has 6 rings (SSSR count). The zero-order valence-electron chi connectivity index (χ0n) is 39.6. The Hall–Kier alpha value is -6.39. The van der Waals surface area contributed by atoms with Crippen molar-refractivity contribution in [1.82, 2.24) is 26.2 Å². The van der Waals surface area contributed by atoms with Gasteiger partial charge in [-0.2, -0.15) is 11.8 Å². The summed E-state index contributed by atoms with van der Waals surface area (Å²) in [5, 5.41) is 11.2. The lowest BCUT2D eigenvalue weighted by Crippen LogP contribution is -2.48. The fraction of sp³-hybridized carbons (Fsp3) is 0.423. The fourth-order valence-corrected chi connectivity index (χ4v) is 10.0. The van der Waals surface area contributed by atoms with Crippen molar-refractivity contribution in [3.05, 3.63) is 131 Å². The van der Waals surface area contributed by atoms with Crippen molar-refractivity contribution in [3.8, 4) is 11.5 Å². The van der Waals surface area contributed by atoms with Crippen LogP contribution in [0.3, 0.4) is 0 Å². The minimum absolute atomic E-state index is 0.0594. The number of hydrogen-bond acceptors (Lipinski definition) is 11. The van der Waals surface area contributed by atoms with Crippen molar-refractivity contribution in [2.45, 2.75) is 93.7 Å². The van der Waals surface area contributed by atoms with E-state index in [4.69, 9.17) is 18.9 Å². The number of urea groups is 1. The lowest BCUT2D eigenvalue weighted by molar-refractivity contribution is -0.147. The highest BCUT2D eigenvalue weighted by atomic mass is 32.2. The van der Waals surface area contributed by atoms with E-state index in [0.717, 1.165) is 28.7 Å². The first-order chi connectivity index (χ1) is 32.7. The van der Waals surface area contributed by atoms with Gasteiger partial charge in [0.25, 0.3) is 5.91 Å². The molecule has 0 saturated carbocycles. The number of carbonyl (C=O) groups is 6. The van der Waals surface area contributed by atoms with Crippen molar-refractivity contribution in [3.63, 3.8) is 0 Å². The number of fused-ring (bicyclic) bond motifs is 1. The predicted octanol–water partition coefficient (Wildman–Crippen LogP) is 6.26. The normalized spacial score (nSPS) is 17.1. The van der Waals surface area contributed by atoms with Crippen molar-refractivity contribution in [2.75, 3.05) is 46.8 Å². The molecule has 0 aliphatic carbocycles. The smallest absolute Gasteiger partial charge is 0.325 e. The Kier molecular flexibility index (Phi) is 17.7. The highest BCUT2D eigenvalue weighted by molar-refractivity contribution is 8.00. The zero-order chi connectivity index (χ0) is 48.8. The van der Waals surface area contributed by atoms with Gasteiger partial charge in [0.15, 0.2) is 0 Å². The van der Waals surface area contributed by atoms with E-state index in [0.29, 0.717) is 35.7 Å². The molecule has 0 spiro atoms. The molecule has 2 saturated heterocycles. The molecule has 0 radical (unpaired) electrons. The number of nitrogens with zero attached hydrogens (tertiary/aromatic N) is 1. The number of amides is 6. The van der Waals surface area contributed by atoms with E-state index >= 15 is 0 Å². The second-order valence-corrected chi connectivity index (χ2v) is 19.1. The van der Waals surface area contributed by atoms with Crippen LogP contribution in [0.25, 0.3) is 0 Å². The Morgan fingerprint density at radius 1 is 0.735 bits per heavy atom. The van der Waals surface area contributed by atoms with E-state index in [1.165, 1.54) is 11.9 Å². The first-order valence-electron chi connectivity index (χ1n) is 22.9. The molecule has 15 nitrogen and oxygen atoms in total. The summed E-state index contributed by atoms with van der Waals surface area (Å²) in [5.74, 6) is -0.167. The van der Waals surface area contributed by atoms with Gasteiger partial charge in [-0.1, -0.05) is 93.9 Å². The number of imide groups is 1. The molecule has 4 atom stereocenters. The Bertz CT molecular complexity index is 2310. The maximum absolute atomic E-state index is 13.5. The van der Waals surface area contributed by atoms with Crippen LogP contribution in [0.15, 0.2) is 103 Å². The number of carbonyl (C=O) groups excluding carboxylic acids is 6. The van der Waals surface area contributed by atoms with E-state index in [1.807, 2.05) is 91.0 Å². The summed E-state index contributed by atoms with van der Waals surface area (Å²) >= 11 is 1.72. The first kappa shape index (κ1) is 51.0. The minimum Gasteiger partial charge on any atom is -0.497 e. The summed E-state index contributed by atoms with van der Waals surface area (Å²) in [6.07, 6.45) is 1.95. The topological polar surface area (TPSA) is 191 Å². The third-order valence-corrected chi connectivity index (χ3v) is 13.8. The third-order valence-electron chi connectivity index (χ3n) is 12.3. The maximum Gasteiger partial charge on any atom is 0.325 e. The standard InChI is InChI=1S/C52H63N5O10S/c1-51(2,3)35-18-16-34(17-19-35)49(62)57-42-33-68-43(48(42)56-50(57)63)14-10-11-15-45(59)54-30-46(60)55-39(31-66-47(61)29-28-44(58)53-4)32-67-52(36-12-8-7-9-13-36,37-20-24-40(64-5)25-21-37)38-22-26-41(65-6)27-23-38/h7-9,12-13,16-27,39,42-43,48H,10-11,14-15,28-33H2,1-6H3,(H,53,58)(H,54,59)(H,55,60)(H,56,63)/t39?,42-,43-,48-/m0/s1. The van der Waals surface area contributed by atoms with Gasteiger partial charge >= 0.3 is 12.0 Å². The average Bonchev–Trinajstić information content (AvgIpc) is 3.90. The van der Waals surface area contributed by atoms with Crippen LogP contribution in [0, 0.1) is 0 Å². The number of nitrogens with one attached hydrogen (secondary N) is 4. The highest BCUT2D eigenvalue weighted by Crippen LogP contribution is 2.42. The van der Waals surface area contributed by atoms with Crippen LogP contribution in [0.2, 0.25) is 0 Å². The number of esters is 1. The van der Waals surface area contributed by atoms with Gasteiger partial charge in [0, 0.05) is 36.5 Å². The summed E-state index contributed by atoms with van der Waals surface area (Å²) in [7, 11) is 4.65. The third kappa shape index (κ3) is 12.8. The fourth-order valence-electron chi connectivity index (χ4n) is 8.44. The molecule has 4 aromatic rings. The summed E-state index contributed by atoms with van der Waals surface area (Å²) in [6, 6.07) is 30.3. The summed E-state index contributed by atoms with van der Waals surface area (Å²) in [4.78, 5) is 79.1. The van der Waals surface area contributed by atoms with E-state index in [1.54, 1.807) is 38.1 Å². The molecule has 4 N–H and O–H groups in total. The van der Waals surface area contributed by atoms with Gasteiger partial charge in [-0.05, 0) is 76.9 Å². The molecule has 68 heavy (non-hydrogen) atoms. The predicted molar refractivity (Wildman–Crippen MR) is 260 cm³/mol. The summed E-state index contributed by atoms with van der Waals surface area (Å²) < 4.78 is 23.5. The van der Waals surface area contributed by atoms with Gasteiger partial charge in [0.2, 0.25) is 17.7 Å². The average molecular weight is 950 g/mol. The number of methoxy groups -OCH3 is 2. The molecule has 362 valence electrons. The maximum atomic E-state index is 13.5. The van der Waals surface area contributed by atoms with Crippen molar-refractivity contribution >= 4 is 47.4 Å². The van der Waals surface area contributed by atoms with Crippen LogP contribution in [0.4, 0.5) is 4.79 Å². The largest absolute Gasteiger partial charge is 0.497 e. The minimum atomic E-state index is -1.24. The molecule has 4 aromatic carbocycles. The number of hydrogen-bond donors (Lipinski definition) is 4. The molecule has 2 fully saturated rings. The Morgan fingerprint density at radius 3 is 1.93 bits per heavy atom. The molecule has 1 unspecified atom stereocenters. The van der Waals surface area contributed by atoms with Gasteiger partial charge in [-0.15, -0.1) is 0 Å². The second-order valence-electron chi connectivity index (χ2n) is 17.9. The lowest BCUT2D eigenvalue weighted by atomic mass is 9.80. The quantitative estimate of drug-likeness (QED) is 0.0301. The monoisotopic (exact) mass is 949 g/mol. The van der Waals surface area contributed by atoms with Crippen LogP contribution >= 0.6 is 11.8 Å². The van der Waals surface area contributed by atoms with E-state index in [9.17, 15) is 28.8 Å². The van der Waals surface area contributed by atoms with Crippen molar-refractivity contribution in [1.29, 1.82) is 0 Å². The molecule has 2 heterocycles. The van der Waals surface area contributed by atoms with Gasteiger partial charge in [-0.25, -0.2) is 4.79 Å². The number of benzene rings is 4. The van der Waals surface area contributed by atoms with E-state index < -0.39 is 23.5 Å². The molecule has 6 amide bonds. The molecule has 16 heteroatoms. The number of unbranched alkanes of at least 4 members (excludes halogenated alkanes) is 1. The van der Waals surface area contributed by atoms with Gasteiger partial charge < -0.3 is 40.2 Å². The molecule has 0 aromatic heterocycles. The van der Waals surface area contributed by atoms with Gasteiger partial charge in [0.1, 0.15) is 23.7 Å². The Morgan fingerprint density at radius 2 is 1.34 bits per heavy atom. The Labute approximate surface area is 402 Å². The number of rotatable bonds is 22. The van der Waals surface area contributed by atoms with E-state index in [-0.39, 0.29) is 85.5 Å². The van der Waals surface area contributed by atoms with E-state index in [2.05, 4.69) is 42.0 Å². The van der Waals surface area contributed by atoms with Crippen LogP contribution in [-0.4, -0.2) is 111 Å². The van der Waals surface area contributed by atoms with Gasteiger partial charge in [0.05, 0.1) is 51.9 Å². The highest BCUT2D eigenvalue weighted by Gasteiger charge is 2.50. The number of ether oxygens (including phenoxy) is 4. The number of thioether (sulfide) groups is 1. The second kappa shape index (κ2) is 23.6. The first-order valence-corrected chi connectivity index (χ1v) is 24.0. The SMILES string of the molecule is CNC(=O)CCC(=O)OCC(COC(c1ccccc1)(c1ccc(OC)cc1)c1ccc(OC)cc1)NC(=O)CNC(=O)CCCC[C@@H]1SC[C@H]2[C@@H]1NC(=O)N2C(=O)c1ccc(C(C)(C)C)cc1. The van der Waals surface area contributed by atoms with Crippen LogP contribution in [0.1, 0.15) is 91.9 Å². The van der Waals surface area contributed by atoms with Gasteiger partial charge in [-0.3, -0.25) is 28.9 Å². The lowest BCUT2D eigenvalue weighted by Gasteiger charge is -2.37. The molecule has 0 bridgehead atoms. The molecular weight excluding hydrogens is 887 g/mol. The van der Waals surface area contributed by atoms with Crippen LogP contribution in [0.5, 0.6) is 11.5 Å². The van der Waals surface area contributed by atoms with Crippen LogP contribution in [-0.2, 0) is 39.7 Å². The van der Waals surface area contributed by atoms with Crippen LogP contribution < -0.4 is 30.7 Å². The summed E-state index contributed by atoms with van der Waals surface area (Å²) in [6.45, 7) is 5.56. The molecule has 2 aliphatic rings. The van der Waals surface area contributed by atoms with Crippen molar-refractivity contribution < 1.29 is 47.7 Å².